The van der Waals surface area contributed by atoms with Crippen LogP contribution < -0.4 is 5.32 Å². The summed E-state index contributed by atoms with van der Waals surface area (Å²) in [5, 5.41) is 12.2. The molecule has 5 heteroatoms. The molecule has 0 bridgehead atoms. The van der Waals surface area contributed by atoms with Crippen LogP contribution in [0.1, 0.15) is 6.42 Å². The molecular weight excluding hydrogens is 206 g/mol. The molecule has 1 fully saturated rings. The lowest BCUT2D eigenvalue weighted by molar-refractivity contribution is -0.125. The predicted molar refractivity (Wildman–Crippen MR) is 59.9 cm³/mol. The number of carbonyl (C=O) groups is 1. The lowest BCUT2D eigenvalue weighted by Crippen LogP contribution is -2.45. The molecule has 0 unspecified atom stereocenters. The van der Waals surface area contributed by atoms with Crippen LogP contribution >= 0.6 is 0 Å². The van der Waals surface area contributed by atoms with Gasteiger partial charge in [-0.05, 0) is 31.6 Å². The van der Waals surface area contributed by atoms with Crippen molar-refractivity contribution >= 4 is 11.7 Å². The second kappa shape index (κ2) is 5.05. The molecule has 1 aromatic heterocycles. The molecule has 1 aliphatic rings. The fraction of sp³-hybridized carbons (Fsp3) is 0.455. The minimum Gasteiger partial charge on any atom is -0.382 e. The Morgan fingerprint density at radius 2 is 2.38 bits per heavy atom. The van der Waals surface area contributed by atoms with E-state index in [1.165, 1.54) is 0 Å². The maximum absolute atomic E-state index is 11.6. The van der Waals surface area contributed by atoms with Crippen molar-refractivity contribution in [2.75, 3.05) is 25.0 Å². The fourth-order valence-corrected chi connectivity index (χ4v) is 1.54. The molecule has 1 aliphatic heterocycles. The zero-order valence-corrected chi connectivity index (χ0v) is 8.97. The van der Waals surface area contributed by atoms with Gasteiger partial charge in [0.15, 0.2) is 0 Å². The van der Waals surface area contributed by atoms with Crippen molar-refractivity contribution in [1.29, 1.82) is 0 Å². The standard InChI is InChI=1S/C11H15N3O2/c15-9(8-14-6-3-7-14)11(16)13-10-4-1-2-5-12-10/h1-2,4-5,9,15H,3,6-8H2,(H,12,13,16)/t9-/m0/s1. The number of amides is 1. The number of nitrogens with one attached hydrogen (secondary N) is 1. The highest BCUT2D eigenvalue weighted by atomic mass is 16.3. The molecule has 0 radical (unpaired) electrons. The number of aliphatic hydroxyl groups is 1. The summed E-state index contributed by atoms with van der Waals surface area (Å²) in [6.07, 6.45) is 1.76. The fourth-order valence-electron chi connectivity index (χ4n) is 1.54. The molecule has 5 nitrogen and oxygen atoms in total. The van der Waals surface area contributed by atoms with Crippen molar-refractivity contribution in [2.24, 2.45) is 0 Å². The SMILES string of the molecule is O=C(Nc1ccccn1)[C@@H](O)CN1CCC1. The normalized spacial score (nSPS) is 17.6. The van der Waals surface area contributed by atoms with Crippen LogP contribution in [0.2, 0.25) is 0 Å². The zero-order chi connectivity index (χ0) is 11.4. The van der Waals surface area contributed by atoms with Gasteiger partial charge in [0.1, 0.15) is 11.9 Å². The van der Waals surface area contributed by atoms with Crippen molar-refractivity contribution in [1.82, 2.24) is 9.88 Å². The van der Waals surface area contributed by atoms with Gasteiger partial charge < -0.3 is 15.3 Å². The van der Waals surface area contributed by atoms with Crippen LogP contribution in [0, 0.1) is 0 Å². The van der Waals surface area contributed by atoms with Crippen LogP contribution in [0.15, 0.2) is 24.4 Å². The van der Waals surface area contributed by atoms with Crippen LogP contribution in [0.4, 0.5) is 5.82 Å². The Hall–Kier alpha value is -1.46. The first-order valence-electron chi connectivity index (χ1n) is 5.38. The van der Waals surface area contributed by atoms with Gasteiger partial charge in [-0.15, -0.1) is 0 Å². The van der Waals surface area contributed by atoms with Crippen LogP contribution in [-0.2, 0) is 4.79 Å². The van der Waals surface area contributed by atoms with Gasteiger partial charge >= 0.3 is 0 Å². The van der Waals surface area contributed by atoms with Crippen LogP contribution in [0.25, 0.3) is 0 Å². The maximum Gasteiger partial charge on any atom is 0.255 e. The molecule has 16 heavy (non-hydrogen) atoms. The predicted octanol–water partition coefficient (Wildman–Crippen LogP) is 0.0867. The van der Waals surface area contributed by atoms with Crippen LogP contribution in [0.5, 0.6) is 0 Å². The van der Waals surface area contributed by atoms with Gasteiger partial charge in [-0.1, -0.05) is 6.07 Å². The van der Waals surface area contributed by atoms with E-state index < -0.39 is 12.0 Å². The number of nitrogens with zero attached hydrogens (tertiary/aromatic N) is 2. The van der Waals surface area contributed by atoms with Crippen molar-refractivity contribution in [3.8, 4) is 0 Å². The monoisotopic (exact) mass is 221 g/mol. The van der Waals surface area contributed by atoms with Crippen LogP contribution in [0.3, 0.4) is 0 Å². The average molecular weight is 221 g/mol. The van der Waals surface area contributed by atoms with Crippen molar-refractivity contribution in [3.05, 3.63) is 24.4 Å². The van der Waals surface area contributed by atoms with Gasteiger partial charge in [-0.25, -0.2) is 4.98 Å². The summed E-state index contributed by atoms with van der Waals surface area (Å²) in [5.41, 5.74) is 0. The van der Waals surface area contributed by atoms with E-state index in [1.807, 2.05) is 4.90 Å². The molecule has 0 saturated carbocycles. The van der Waals surface area contributed by atoms with E-state index in [2.05, 4.69) is 10.3 Å². The third-order valence-electron chi connectivity index (χ3n) is 2.60. The molecule has 2 heterocycles. The Balaban J connectivity index is 1.82. The summed E-state index contributed by atoms with van der Waals surface area (Å²) >= 11 is 0. The van der Waals surface area contributed by atoms with E-state index in [0.29, 0.717) is 12.4 Å². The minimum atomic E-state index is -0.984. The molecule has 1 aromatic rings. The summed E-state index contributed by atoms with van der Waals surface area (Å²) in [6, 6.07) is 5.24. The molecule has 1 atom stereocenters. The third-order valence-corrected chi connectivity index (χ3v) is 2.60. The molecule has 1 saturated heterocycles. The van der Waals surface area contributed by atoms with E-state index in [4.69, 9.17) is 0 Å². The number of hydrogen-bond donors (Lipinski definition) is 2. The highest BCUT2D eigenvalue weighted by Gasteiger charge is 2.22. The smallest absolute Gasteiger partial charge is 0.255 e. The number of β-amino-alcohol motifs (C(OH)–C–C–N with tert-alkyl or cyclic N) is 1. The van der Waals surface area contributed by atoms with E-state index >= 15 is 0 Å². The first-order chi connectivity index (χ1) is 7.75. The summed E-state index contributed by atoms with van der Waals surface area (Å²) in [7, 11) is 0. The van der Waals surface area contributed by atoms with Gasteiger partial charge in [0, 0.05) is 12.7 Å². The second-order valence-corrected chi connectivity index (χ2v) is 3.87. The second-order valence-electron chi connectivity index (χ2n) is 3.87. The van der Waals surface area contributed by atoms with E-state index in [-0.39, 0.29) is 0 Å². The summed E-state index contributed by atoms with van der Waals surface area (Å²) < 4.78 is 0. The topological polar surface area (TPSA) is 65.5 Å². The van der Waals surface area contributed by atoms with E-state index in [1.54, 1.807) is 24.4 Å². The van der Waals surface area contributed by atoms with E-state index in [0.717, 1.165) is 19.5 Å². The third kappa shape index (κ3) is 2.77. The number of rotatable bonds is 4. The number of hydrogen-bond acceptors (Lipinski definition) is 4. The van der Waals surface area contributed by atoms with Gasteiger partial charge in [-0.3, -0.25) is 4.79 Å². The Morgan fingerprint density at radius 3 is 2.94 bits per heavy atom. The molecule has 0 aromatic carbocycles. The number of anilines is 1. The molecule has 2 rings (SSSR count). The Bertz CT molecular complexity index is 352. The lowest BCUT2D eigenvalue weighted by Gasteiger charge is -2.31. The van der Waals surface area contributed by atoms with Crippen molar-refractivity contribution in [2.45, 2.75) is 12.5 Å². The maximum atomic E-state index is 11.6. The first kappa shape index (κ1) is 11.0. The van der Waals surface area contributed by atoms with Crippen molar-refractivity contribution in [3.63, 3.8) is 0 Å². The van der Waals surface area contributed by atoms with Gasteiger partial charge in [0.25, 0.3) is 5.91 Å². The molecule has 1 amide bonds. The van der Waals surface area contributed by atoms with E-state index in [9.17, 15) is 9.90 Å². The lowest BCUT2D eigenvalue weighted by atomic mass is 10.2. The van der Waals surface area contributed by atoms with Crippen molar-refractivity contribution < 1.29 is 9.90 Å². The minimum absolute atomic E-state index is 0.398. The Kier molecular flexibility index (Phi) is 3.48. The van der Waals surface area contributed by atoms with Gasteiger partial charge in [-0.2, -0.15) is 0 Å². The van der Waals surface area contributed by atoms with Gasteiger partial charge in [0.05, 0.1) is 0 Å². The summed E-state index contributed by atoms with van der Waals surface area (Å²) in [6.45, 7) is 2.33. The number of aliphatic hydroxyl groups excluding tert-OH is 1. The molecule has 86 valence electrons. The summed E-state index contributed by atoms with van der Waals surface area (Å²) in [4.78, 5) is 17.6. The largest absolute Gasteiger partial charge is 0.382 e. The summed E-state index contributed by atoms with van der Waals surface area (Å²) in [5.74, 6) is 0.0701. The number of pyridine rings is 1. The highest BCUT2D eigenvalue weighted by Crippen LogP contribution is 2.07. The number of aromatic nitrogens is 1. The highest BCUT2D eigenvalue weighted by molar-refractivity contribution is 5.93. The molecule has 0 spiro atoms. The first-order valence-corrected chi connectivity index (χ1v) is 5.38. The van der Waals surface area contributed by atoms with Gasteiger partial charge in [0.2, 0.25) is 0 Å². The molecule has 0 aliphatic carbocycles. The molecular formula is C11H15N3O2. The molecule has 2 N–H and O–H groups in total. The average Bonchev–Trinajstić information content (AvgIpc) is 2.24. The number of likely N-dealkylation sites (tertiary alicyclic amines) is 1. The quantitative estimate of drug-likeness (QED) is 0.756. The Labute approximate surface area is 94.1 Å². The zero-order valence-electron chi connectivity index (χ0n) is 8.97. The van der Waals surface area contributed by atoms with Crippen LogP contribution in [-0.4, -0.2) is 46.6 Å². The number of carbonyl (C=O) groups excluding carboxylic acids is 1. The Morgan fingerprint density at radius 1 is 1.56 bits per heavy atom.